The molecule has 146 valence electrons. The largest absolute Gasteiger partial charge is 0.130 e. The van der Waals surface area contributed by atoms with Gasteiger partial charge in [-0.15, -0.1) is 0 Å². The van der Waals surface area contributed by atoms with Crippen LogP contribution in [0.5, 0.6) is 0 Å². The second kappa shape index (κ2) is 5.94. The van der Waals surface area contributed by atoms with Crippen LogP contribution in [0.2, 0.25) is 0 Å². The molecule has 0 amide bonds. The molecule has 0 saturated heterocycles. The number of fused-ring (bicyclic) bond motifs is 1. The zero-order valence-electron chi connectivity index (χ0n) is 19.4. The third-order valence-corrected chi connectivity index (χ3v) is 14.7. The van der Waals surface area contributed by atoms with E-state index in [0.29, 0.717) is 0 Å². The van der Waals surface area contributed by atoms with Gasteiger partial charge in [0.2, 0.25) is 0 Å². The van der Waals surface area contributed by atoms with Crippen LogP contribution >= 0.6 is 7.26 Å². The Labute approximate surface area is 164 Å². The van der Waals surface area contributed by atoms with Gasteiger partial charge in [-0.05, 0) is 74.0 Å². The van der Waals surface area contributed by atoms with E-state index in [9.17, 15) is 0 Å². The predicted octanol–water partition coefficient (Wildman–Crippen LogP) is 8.37. The second-order valence-electron chi connectivity index (χ2n) is 12.1. The Morgan fingerprint density at radius 3 is 1.46 bits per heavy atom. The zero-order chi connectivity index (χ0) is 20.4. The number of allylic oxidation sites excluding steroid dienone is 1. The van der Waals surface area contributed by atoms with Gasteiger partial charge in [-0.1, -0.05) is 51.1 Å². The molecule has 0 N–H and O–H groups in total. The molecular weight excluding hydrogens is 331 g/mol. The summed E-state index contributed by atoms with van der Waals surface area (Å²) in [6, 6.07) is 9.16. The van der Waals surface area contributed by atoms with Gasteiger partial charge in [0.25, 0.3) is 0 Å². The first kappa shape index (κ1) is 21.7. The van der Waals surface area contributed by atoms with Crippen LogP contribution in [0.3, 0.4) is 0 Å². The molecule has 0 spiro atoms. The van der Waals surface area contributed by atoms with Crippen LogP contribution < -0.4 is 0 Å². The maximum Gasteiger partial charge on any atom is 0.130 e. The minimum Gasteiger partial charge on any atom is -0.0618 e. The van der Waals surface area contributed by atoms with E-state index in [1.807, 2.05) is 0 Å². The van der Waals surface area contributed by atoms with E-state index in [0.717, 1.165) is 0 Å². The molecule has 1 heteroatoms. The zero-order valence-corrected chi connectivity index (χ0v) is 20.3. The quantitative estimate of drug-likeness (QED) is 0.434. The smallest absolute Gasteiger partial charge is 0.0618 e. The van der Waals surface area contributed by atoms with Crippen molar-refractivity contribution in [2.45, 2.75) is 104 Å². The van der Waals surface area contributed by atoms with Crippen molar-refractivity contribution in [1.29, 1.82) is 0 Å². The van der Waals surface area contributed by atoms with Crippen molar-refractivity contribution in [3.63, 3.8) is 0 Å². The van der Waals surface area contributed by atoms with Crippen molar-refractivity contribution >= 4 is 13.3 Å². The maximum atomic E-state index is 2.62. The standard InChI is InChI=1S/C25H42P/c1-21(2,3)25(18-17-19-15-13-14-16-20(19)25)26(22(4,5)6,23(7,8)9)24(10,11)12/h13-18H,1-12H3/q+1. The van der Waals surface area contributed by atoms with Crippen molar-refractivity contribution in [2.75, 3.05) is 0 Å². The third kappa shape index (κ3) is 2.58. The van der Waals surface area contributed by atoms with Gasteiger partial charge in [-0.2, -0.15) is 0 Å². The topological polar surface area (TPSA) is 0 Å². The minimum atomic E-state index is -1.67. The number of benzene rings is 1. The van der Waals surface area contributed by atoms with Crippen LogP contribution in [0.15, 0.2) is 30.3 Å². The number of hydrogen-bond donors (Lipinski definition) is 0. The summed E-state index contributed by atoms with van der Waals surface area (Å²) in [5.41, 5.74) is 3.11. The normalized spacial score (nSPS) is 21.8. The molecule has 0 aromatic heterocycles. The third-order valence-electron chi connectivity index (χ3n) is 6.57. The summed E-state index contributed by atoms with van der Waals surface area (Å²) in [5.74, 6) is 0. The summed E-state index contributed by atoms with van der Waals surface area (Å²) in [7, 11) is -1.67. The lowest BCUT2D eigenvalue weighted by atomic mass is 9.76. The van der Waals surface area contributed by atoms with Gasteiger partial charge in [-0.3, -0.25) is 0 Å². The molecule has 0 radical (unpaired) electrons. The molecule has 0 bridgehead atoms. The van der Waals surface area contributed by atoms with Crippen LogP contribution in [0.25, 0.3) is 6.08 Å². The van der Waals surface area contributed by atoms with E-state index < -0.39 is 7.26 Å². The van der Waals surface area contributed by atoms with Gasteiger partial charge in [-0.25, -0.2) is 0 Å². The molecule has 0 saturated carbocycles. The summed E-state index contributed by atoms with van der Waals surface area (Å²) in [6.45, 7) is 30.0. The predicted molar refractivity (Wildman–Crippen MR) is 123 cm³/mol. The molecule has 2 rings (SSSR count). The van der Waals surface area contributed by atoms with Gasteiger partial charge in [0.1, 0.15) is 5.16 Å². The van der Waals surface area contributed by atoms with Crippen LogP contribution in [0.4, 0.5) is 0 Å². The molecule has 0 aliphatic heterocycles. The molecule has 1 aromatic rings. The van der Waals surface area contributed by atoms with Gasteiger partial charge in [0.05, 0.1) is 15.5 Å². The molecule has 1 aliphatic carbocycles. The van der Waals surface area contributed by atoms with Crippen molar-refractivity contribution in [3.8, 4) is 0 Å². The van der Waals surface area contributed by atoms with E-state index in [-0.39, 0.29) is 26.0 Å². The molecule has 26 heavy (non-hydrogen) atoms. The van der Waals surface area contributed by atoms with Crippen LogP contribution in [0, 0.1) is 5.41 Å². The molecule has 0 fully saturated rings. The van der Waals surface area contributed by atoms with E-state index >= 15 is 0 Å². The van der Waals surface area contributed by atoms with Crippen LogP contribution in [-0.4, -0.2) is 15.5 Å². The average molecular weight is 374 g/mol. The fourth-order valence-electron chi connectivity index (χ4n) is 7.35. The highest BCUT2D eigenvalue weighted by Crippen LogP contribution is 2.95. The Morgan fingerprint density at radius 1 is 0.654 bits per heavy atom. The minimum absolute atomic E-state index is 0.0609. The second-order valence-corrected chi connectivity index (χ2v) is 18.2. The first-order chi connectivity index (χ1) is 11.5. The van der Waals surface area contributed by atoms with Crippen LogP contribution in [-0.2, 0) is 5.16 Å². The maximum absolute atomic E-state index is 2.62. The monoisotopic (exact) mass is 373 g/mol. The van der Waals surface area contributed by atoms with E-state index in [1.54, 1.807) is 5.56 Å². The van der Waals surface area contributed by atoms with E-state index in [4.69, 9.17) is 0 Å². The Bertz CT molecular complexity index is 659. The Kier molecular flexibility index (Phi) is 4.96. The van der Waals surface area contributed by atoms with E-state index in [1.165, 1.54) is 5.56 Å². The van der Waals surface area contributed by atoms with Gasteiger partial charge >= 0.3 is 0 Å². The Balaban J connectivity index is 3.15. The highest BCUT2D eigenvalue weighted by atomic mass is 31.2. The van der Waals surface area contributed by atoms with Gasteiger partial charge < -0.3 is 0 Å². The molecule has 1 unspecified atom stereocenters. The molecule has 1 atom stereocenters. The number of hydrogen-bond acceptors (Lipinski definition) is 0. The lowest BCUT2D eigenvalue weighted by molar-refractivity contribution is 0.310. The molecule has 0 heterocycles. The van der Waals surface area contributed by atoms with Crippen molar-refractivity contribution in [3.05, 3.63) is 41.5 Å². The lowest BCUT2D eigenvalue weighted by Gasteiger charge is -2.65. The number of rotatable bonds is 1. The van der Waals surface area contributed by atoms with Crippen molar-refractivity contribution in [2.24, 2.45) is 5.41 Å². The first-order valence-electron chi connectivity index (χ1n) is 10.1. The summed E-state index contributed by atoms with van der Waals surface area (Å²) in [4.78, 5) is 0. The SMILES string of the molecule is CC(C)(C)C1([P+](C(C)(C)C)(C(C)(C)C)C(C)(C)C)C=Cc2ccccc21. The first-order valence-corrected chi connectivity index (χ1v) is 11.9. The molecular formula is C25H42P+. The van der Waals surface area contributed by atoms with Crippen LogP contribution in [0.1, 0.15) is 94.2 Å². The summed E-state index contributed by atoms with van der Waals surface area (Å²) >= 11 is 0. The summed E-state index contributed by atoms with van der Waals surface area (Å²) < 4.78 is 0. The Hall–Kier alpha value is -0.610. The van der Waals surface area contributed by atoms with Gasteiger partial charge in [0.15, 0.2) is 0 Å². The van der Waals surface area contributed by atoms with Gasteiger partial charge in [0, 0.05) is 18.2 Å². The van der Waals surface area contributed by atoms with Crippen molar-refractivity contribution in [1.82, 2.24) is 0 Å². The molecule has 1 aromatic carbocycles. The summed E-state index contributed by atoms with van der Waals surface area (Å²) in [6.07, 6.45) is 5.03. The average Bonchev–Trinajstić information content (AvgIpc) is 2.75. The highest BCUT2D eigenvalue weighted by Gasteiger charge is 2.78. The lowest BCUT2D eigenvalue weighted by Crippen LogP contribution is -2.57. The van der Waals surface area contributed by atoms with E-state index in [2.05, 4.69) is 120 Å². The molecule has 1 aliphatic rings. The Morgan fingerprint density at radius 2 is 1.08 bits per heavy atom. The molecule has 0 nitrogen and oxygen atoms in total. The fraction of sp³-hybridized carbons (Fsp3) is 0.680. The highest BCUT2D eigenvalue weighted by molar-refractivity contribution is 7.81. The fourth-order valence-corrected chi connectivity index (χ4v) is 18.4. The van der Waals surface area contributed by atoms with Crippen molar-refractivity contribution < 1.29 is 0 Å². The summed E-state index contributed by atoms with van der Waals surface area (Å²) in [5, 5.41) is 0.723.